The Labute approximate surface area is 199 Å². The van der Waals surface area contributed by atoms with Gasteiger partial charge in [0, 0.05) is 56.8 Å². The van der Waals surface area contributed by atoms with Crippen LogP contribution in [0.5, 0.6) is 0 Å². The smallest absolute Gasteiger partial charge is 0.370 e. The minimum Gasteiger partial charge on any atom is -0.370 e. The first-order valence-electron chi connectivity index (χ1n) is 11.6. The van der Waals surface area contributed by atoms with E-state index in [4.69, 9.17) is 5.26 Å². The Morgan fingerprint density at radius 3 is 2.32 bits per heavy atom. The molecular weight excluding hydrogens is 445 g/mol. The second-order valence-electron chi connectivity index (χ2n) is 10.4. The molecule has 2 amide bonds. The molecule has 1 aromatic carbocycles. The zero-order valence-corrected chi connectivity index (χ0v) is 20.5. The molecule has 2 saturated heterocycles. The number of benzene rings is 1. The van der Waals surface area contributed by atoms with Crippen molar-refractivity contribution in [2.24, 2.45) is 16.7 Å². The van der Waals surface area contributed by atoms with Crippen LogP contribution < -0.4 is 4.90 Å². The van der Waals surface area contributed by atoms with E-state index >= 15 is 0 Å². The van der Waals surface area contributed by atoms with E-state index < -0.39 is 28.1 Å². The lowest BCUT2D eigenvalue weighted by molar-refractivity contribution is -0.144. The van der Waals surface area contributed by atoms with Crippen LogP contribution in [0.25, 0.3) is 0 Å². The number of hydrogen-bond acceptors (Lipinski definition) is 4. The summed E-state index contributed by atoms with van der Waals surface area (Å²) in [5.74, 6) is -0.345. The maximum atomic E-state index is 13.5. The van der Waals surface area contributed by atoms with Crippen LogP contribution in [0.15, 0.2) is 18.2 Å². The van der Waals surface area contributed by atoms with E-state index in [-0.39, 0.29) is 17.7 Å². The molecule has 0 bridgehead atoms. The number of piperidine rings is 1. The number of hydrogen-bond donors (Lipinski definition) is 0. The molecule has 2 heterocycles. The summed E-state index contributed by atoms with van der Waals surface area (Å²) in [4.78, 5) is 31.3. The van der Waals surface area contributed by atoms with E-state index in [0.29, 0.717) is 44.7 Å². The molecule has 3 rings (SSSR count). The average Bonchev–Trinajstić information content (AvgIpc) is 3.16. The first-order valence-corrected chi connectivity index (χ1v) is 11.6. The summed E-state index contributed by atoms with van der Waals surface area (Å²) in [6.45, 7) is 7.62. The summed E-state index contributed by atoms with van der Waals surface area (Å²) in [6, 6.07) is 5.34. The second-order valence-corrected chi connectivity index (χ2v) is 10.4. The van der Waals surface area contributed by atoms with Crippen molar-refractivity contribution >= 4 is 17.5 Å². The largest absolute Gasteiger partial charge is 0.417 e. The summed E-state index contributed by atoms with van der Waals surface area (Å²) >= 11 is 0. The molecule has 0 radical (unpaired) electrons. The van der Waals surface area contributed by atoms with Gasteiger partial charge in [-0.2, -0.15) is 18.4 Å². The minimum atomic E-state index is -4.64. The van der Waals surface area contributed by atoms with Crippen molar-refractivity contribution in [3.8, 4) is 6.07 Å². The molecule has 186 valence electrons. The fourth-order valence-corrected chi connectivity index (χ4v) is 5.12. The van der Waals surface area contributed by atoms with Crippen LogP contribution in [0.3, 0.4) is 0 Å². The van der Waals surface area contributed by atoms with Crippen LogP contribution in [0.4, 0.5) is 18.9 Å². The van der Waals surface area contributed by atoms with Crippen molar-refractivity contribution in [2.75, 3.05) is 45.2 Å². The van der Waals surface area contributed by atoms with E-state index in [0.717, 1.165) is 12.5 Å². The SMILES string of the molecule is CCC(C)(C)C(=O)N1CCC2(CC1)CN(c1ccc(C#N)c(C(F)(F)F)c1)CC2C(=O)N(C)C. The molecule has 2 aliphatic rings. The maximum Gasteiger partial charge on any atom is 0.417 e. The number of rotatable bonds is 4. The number of carbonyl (C=O) groups is 2. The molecule has 0 aromatic heterocycles. The molecule has 1 spiro atoms. The van der Waals surface area contributed by atoms with Crippen molar-refractivity contribution in [3.63, 3.8) is 0 Å². The molecule has 2 fully saturated rings. The summed E-state index contributed by atoms with van der Waals surface area (Å²) in [7, 11) is 3.37. The van der Waals surface area contributed by atoms with E-state index in [2.05, 4.69) is 0 Å². The standard InChI is InChI=1S/C25H33F3N4O2/c1-6-23(2,3)22(34)31-11-9-24(10-12-31)16-32(15-20(24)21(33)30(4)5)18-8-7-17(14-29)19(13-18)25(26,27)28/h7-8,13,20H,6,9-12,15-16H2,1-5H3. The third-order valence-electron chi connectivity index (χ3n) is 7.69. The van der Waals surface area contributed by atoms with E-state index in [1.54, 1.807) is 20.2 Å². The quantitative estimate of drug-likeness (QED) is 0.652. The predicted molar refractivity (Wildman–Crippen MR) is 123 cm³/mol. The van der Waals surface area contributed by atoms with Gasteiger partial charge in [0.1, 0.15) is 0 Å². The van der Waals surface area contributed by atoms with E-state index in [1.165, 1.54) is 17.0 Å². The summed E-state index contributed by atoms with van der Waals surface area (Å²) in [5, 5.41) is 9.11. The molecular formula is C25H33F3N4O2. The molecule has 34 heavy (non-hydrogen) atoms. The number of carbonyl (C=O) groups excluding carboxylic acids is 2. The van der Waals surface area contributed by atoms with Gasteiger partial charge in [-0.1, -0.05) is 20.8 Å². The maximum absolute atomic E-state index is 13.5. The third-order valence-corrected chi connectivity index (χ3v) is 7.69. The van der Waals surface area contributed by atoms with Gasteiger partial charge in [-0.3, -0.25) is 9.59 Å². The molecule has 1 unspecified atom stereocenters. The van der Waals surface area contributed by atoms with Gasteiger partial charge in [-0.15, -0.1) is 0 Å². The van der Waals surface area contributed by atoms with E-state index in [1.807, 2.05) is 30.6 Å². The number of anilines is 1. The number of nitrogens with zero attached hydrogens (tertiary/aromatic N) is 4. The Morgan fingerprint density at radius 2 is 1.82 bits per heavy atom. The molecule has 0 N–H and O–H groups in total. The summed E-state index contributed by atoms with van der Waals surface area (Å²) < 4.78 is 40.6. The normalized spacial score (nSPS) is 20.4. The molecule has 6 nitrogen and oxygen atoms in total. The monoisotopic (exact) mass is 478 g/mol. The van der Waals surface area contributed by atoms with Crippen LogP contribution in [-0.4, -0.2) is 61.9 Å². The predicted octanol–water partition coefficient (Wildman–Crippen LogP) is 4.15. The minimum absolute atomic E-state index is 0.0548. The lowest BCUT2D eigenvalue weighted by atomic mass is 9.70. The highest BCUT2D eigenvalue weighted by Gasteiger charge is 2.52. The molecule has 9 heteroatoms. The van der Waals surface area contributed by atoms with Crippen LogP contribution in [0, 0.1) is 28.1 Å². The van der Waals surface area contributed by atoms with Gasteiger partial charge in [0.05, 0.1) is 23.1 Å². The van der Waals surface area contributed by atoms with Crippen LogP contribution in [0.2, 0.25) is 0 Å². The number of likely N-dealkylation sites (tertiary alicyclic amines) is 1. The third kappa shape index (κ3) is 4.73. The van der Waals surface area contributed by atoms with Gasteiger partial charge in [-0.25, -0.2) is 0 Å². The molecule has 0 aliphatic carbocycles. The van der Waals surface area contributed by atoms with Gasteiger partial charge in [0.25, 0.3) is 0 Å². The number of amides is 2. The van der Waals surface area contributed by atoms with Crippen molar-refractivity contribution in [1.82, 2.24) is 9.80 Å². The lowest BCUT2D eigenvalue weighted by Crippen LogP contribution is -2.51. The second kappa shape index (κ2) is 9.12. The molecule has 1 aromatic rings. The lowest BCUT2D eigenvalue weighted by Gasteiger charge is -2.44. The topological polar surface area (TPSA) is 67.6 Å². The van der Waals surface area contributed by atoms with Gasteiger partial charge in [0.15, 0.2) is 0 Å². The van der Waals surface area contributed by atoms with Crippen LogP contribution in [0.1, 0.15) is 51.2 Å². The van der Waals surface area contributed by atoms with Gasteiger partial charge in [0.2, 0.25) is 11.8 Å². The van der Waals surface area contributed by atoms with Crippen molar-refractivity contribution in [2.45, 2.75) is 46.2 Å². The fraction of sp³-hybridized carbons (Fsp3) is 0.640. The van der Waals surface area contributed by atoms with Crippen molar-refractivity contribution in [3.05, 3.63) is 29.3 Å². The first kappa shape index (κ1) is 25.9. The van der Waals surface area contributed by atoms with Crippen LogP contribution >= 0.6 is 0 Å². The Morgan fingerprint density at radius 1 is 1.21 bits per heavy atom. The van der Waals surface area contributed by atoms with Crippen molar-refractivity contribution in [1.29, 1.82) is 5.26 Å². The summed E-state index contributed by atoms with van der Waals surface area (Å²) in [6.07, 6.45) is -2.69. The fourth-order valence-electron chi connectivity index (χ4n) is 5.12. The van der Waals surface area contributed by atoms with E-state index in [9.17, 15) is 22.8 Å². The van der Waals surface area contributed by atoms with Gasteiger partial charge < -0.3 is 14.7 Å². The molecule has 2 aliphatic heterocycles. The average molecular weight is 479 g/mol. The zero-order valence-electron chi connectivity index (χ0n) is 20.5. The Bertz CT molecular complexity index is 989. The Hall–Kier alpha value is -2.76. The molecule has 1 atom stereocenters. The number of nitriles is 1. The highest BCUT2D eigenvalue weighted by molar-refractivity contribution is 5.83. The number of halogens is 3. The Balaban J connectivity index is 1.90. The van der Waals surface area contributed by atoms with Gasteiger partial charge in [-0.05, 0) is 37.5 Å². The highest BCUT2D eigenvalue weighted by atomic mass is 19.4. The Kier molecular flexibility index (Phi) is 6.94. The van der Waals surface area contributed by atoms with Crippen molar-refractivity contribution < 1.29 is 22.8 Å². The molecule has 0 saturated carbocycles. The van der Waals surface area contributed by atoms with Crippen LogP contribution in [-0.2, 0) is 15.8 Å². The van der Waals surface area contributed by atoms with Gasteiger partial charge >= 0.3 is 6.18 Å². The zero-order chi connectivity index (χ0) is 25.5. The first-order chi connectivity index (χ1) is 15.8. The summed E-state index contributed by atoms with van der Waals surface area (Å²) in [5.41, 5.74) is -1.92. The highest BCUT2D eigenvalue weighted by Crippen LogP contribution is 2.48. The number of alkyl halides is 3.